The van der Waals surface area contributed by atoms with Crippen molar-refractivity contribution in [3.63, 3.8) is 0 Å². The van der Waals surface area contributed by atoms with Crippen LogP contribution in [0.25, 0.3) is 0 Å². The molecule has 0 unspecified atom stereocenters. The molecule has 0 atom stereocenters. The molecule has 3 rings (SSSR count). The van der Waals surface area contributed by atoms with E-state index in [1.807, 2.05) is 0 Å². The maximum Gasteiger partial charge on any atom is 0.0285 e. The number of rotatable bonds is 2. The van der Waals surface area contributed by atoms with E-state index in [1.165, 1.54) is 77.5 Å². The van der Waals surface area contributed by atoms with Gasteiger partial charge >= 0.3 is 0 Å². The van der Waals surface area contributed by atoms with Crippen molar-refractivity contribution in [3.8, 4) is 0 Å². The van der Waals surface area contributed by atoms with E-state index in [2.05, 4.69) is 83.0 Å². The summed E-state index contributed by atoms with van der Waals surface area (Å²) in [5.41, 5.74) is 10.7. The number of alkyl halides is 2. The summed E-state index contributed by atoms with van der Waals surface area (Å²) in [4.78, 5) is 0. The van der Waals surface area contributed by atoms with Gasteiger partial charge in [0.2, 0.25) is 0 Å². The second-order valence-corrected chi connectivity index (χ2v) is 9.77. The van der Waals surface area contributed by atoms with E-state index >= 15 is 0 Å². The summed E-state index contributed by atoms with van der Waals surface area (Å²) < 4.78 is 0. The van der Waals surface area contributed by atoms with Crippen LogP contribution in [-0.2, 0) is 41.8 Å². The predicted molar refractivity (Wildman–Crippen MR) is 121 cm³/mol. The summed E-state index contributed by atoms with van der Waals surface area (Å²) in [5.74, 6) is 0. The SMILES string of the molecule is CC(C)(C)c1cc2cc(c1)CCCc1cc(c(CBr)cc1CBr)CCC2. The monoisotopic (exact) mass is 476 g/mol. The van der Waals surface area contributed by atoms with Gasteiger partial charge in [0.05, 0.1) is 0 Å². The Morgan fingerprint density at radius 1 is 0.692 bits per heavy atom. The van der Waals surface area contributed by atoms with Gasteiger partial charge in [0.15, 0.2) is 0 Å². The van der Waals surface area contributed by atoms with Crippen LogP contribution < -0.4 is 0 Å². The molecule has 0 amide bonds. The number of benzene rings is 2. The molecular weight excluding hydrogens is 448 g/mol. The Labute approximate surface area is 176 Å². The highest BCUT2D eigenvalue weighted by atomic mass is 79.9. The van der Waals surface area contributed by atoms with Crippen molar-refractivity contribution >= 4 is 31.9 Å². The van der Waals surface area contributed by atoms with E-state index < -0.39 is 0 Å². The second kappa shape index (κ2) is 8.61. The Bertz CT molecular complexity index is 717. The Kier molecular flexibility index (Phi) is 6.67. The topological polar surface area (TPSA) is 0 Å². The number of hydrogen-bond donors (Lipinski definition) is 0. The zero-order valence-electron chi connectivity index (χ0n) is 16.3. The minimum absolute atomic E-state index is 0.221. The normalized spacial score (nSPS) is 15.3. The van der Waals surface area contributed by atoms with Gasteiger partial charge in [0.1, 0.15) is 0 Å². The molecule has 0 spiro atoms. The van der Waals surface area contributed by atoms with Crippen LogP contribution in [0.15, 0.2) is 30.3 Å². The minimum Gasteiger partial charge on any atom is -0.0876 e. The van der Waals surface area contributed by atoms with Gasteiger partial charge in [0.25, 0.3) is 0 Å². The summed E-state index contributed by atoms with van der Waals surface area (Å²) in [6, 6.07) is 12.3. The average Bonchev–Trinajstić information content (AvgIpc) is 2.60. The number of halogens is 2. The molecule has 0 N–H and O–H groups in total. The summed E-state index contributed by atoms with van der Waals surface area (Å²) in [5, 5.41) is 1.90. The molecule has 0 aliphatic heterocycles. The summed E-state index contributed by atoms with van der Waals surface area (Å²) in [7, 11) is 0. The second-order valence-electron chi connectivity index (χ2n) is 8.65. The molecule has 0 saturated heterocycles. The van der Waals surface area contributed by atoms with Crippen molar-refractivity contribution in [2.45, 2.75) is 75.4 Å². The van der Waals surface area contributed by atoms with Gasteiger partial charge < -0.3 is 0 Å². The molecule has 0 aromatic heterocycles. The van der Waals surface area contributed by atoms with Crippen molar-refractivity contribution in [1.29, 1.82) is 0 Å². The van der Waals surface area contributed by atoms with E-state index in [0.29, 0.717) is 0 Å². The van der Waals surface area contributed by atoms with Crippen LogP contribution in [0.2, 0.25) is 0 Å². The van der Waals surface area contributed by atoms with Crippen molar-refractivity contribution < 1.29 is 0 Å². The standard InChI is InChI=1S/C24H30Br2/c1-24(2,3)23-11-17-6-4-8-19-13-20(9-5-7-18(10-17)12-23)22(16-26)14-21(19)15-25/h10-14H,4-9,15-16H2,1-3H3. The van der Waals surface area contributed by atoms with Gasteiger partial charge in [-0.1, -0.05) is 83.0 Å². The molecule has 1 aliphatic carbocycles. The maximum absolute atomic E-state index is 3.70. The molecule has 0 saturated carbocycles. The number of fused-ring (bicyclic) bond motifs is 4. The smallest absolute Gasteiger partial charge is 0.0285 e. The molecule has 140 valence electrons. The van der Waals surface area contributed by atoms with E-state index in [0.717, 1.165) is 10.7 Å². The lowest BCUT2D eigenvalue weighted by molar-refractivity contribution is 0.587. The third kappa shape index (κ3) is 4.81. The molecular formula is C24H30Br2. The lowest BCUT2D eigenvalue weighted by atomic mass is 9.83. The van der Waals surface area contributed by atoms with Crippen LogP contribution >= 0.6 is 31.9 Å². The third-order valence-corrected chi connectivity index (χ3v) is 6.76. The Hall–Kier alpha value is -0.600. The third-order valence-electron chi connectivity index (χ3n) is 5.55. The fraction of sp³-hybridized carbons (Fsp3) is 0.500. The molecule has 2 heteroatoms. The highest BCUT2D eigenvalue weighted by Gasteiger charge is 2.16. The first kappa shape index (κ1) is 20.1. The Morgan fingerprint density at radius 3 is 1.62 bits per heavy atom. The molecule has 0 fully saturated rings. The van der Waals surface area contributed by atoms with Gasteiger partial charge in [-0.05, 0) is 82.9 Å². The van der Waals surface area contributed by atoms with Crippen LogP contribution in [0.4, 0.5) is 0 Å². The molecule has 0 heterocycles. The van der Waals surface area contributed by atoms with Crippen molar-refractivity contribution in [2.24, 2.45) is 0 Å². The first-order chi connectivity index (χ1) is 12.4. The van der Waals surface area contributed by atoms with Crippen molar-refractivity contribution in [2.75, 3.05) is 0 Å². The maximum atomic E-state index is 3.70. The van der Waals surface area contributed by atoms with Gasteiger partial charge in [-0.25, -0.2) is 0 Å². The highest BCUT2D eigenvalue weighted by Crippen LogP contribution is 2.29. The van der Waals surface area contributed by atoms with Gasteiger partial charge in [-0.15, -0.1) is 0 Å². The lowest BCUT2D eigenvalue weighted by Crippen LogP contribution is -2.12. The van der Waals surface area contributed by atoms with Crippen LogP contribution in [0.3, 0.4) is 0 Å². The molecule has 4 bridgehead atoms. The fourth-order valence-corrected chi connectivity index (χ4v) is 5.00. The zero-order chi connectivity index (χ0) is 18.7. The van der Waals surface area contributed by atoms with E-state index in [4.69, 9.17) is 0 Å². The van der Waals surface area contributed by atoms with Gasteiger partial charge in [0, 0.05) is 10.7 Å². The zero-order valence-corrected chi connectivity index (χ0v) is 19.5. The summed E-state index contributed by atoms with van der Waals surface area (Å²) in [6.07, 6.45) is 7.14. The Balaban J connectivity index is 1.94. The number of aryl methyl sites for hydroxylation is 4. The van der Waals surface area contributed by atoms with E-state index in [-0.39, 0.29) is 5.41 Å². The van der Waals surface area contributed by atoms with Gasteiger partial charge in [-0.2, -0.15) is 0 Å². The minimum atomic E-state index is 0.221. The summed E-state index contributed by atoms with van der Waals surface area (Å²) in [6.45, 7) is 6.98. The lowest BCUT2D eigenvalue weighted by Gasteiger charge is -2.22. The first-order valence-corrected chi connectivity index (χ1v) is 12.0. The largest absolute Gasteiger partial charge is 0.0876 e. The van der Waals surface area contributed by atoms with Crippen molar-refractivity contribution in [3.05, 3.63) is 69.3 Å². The molecule has 2 aromatic carbocycles. The van der Waals surface area contributed by atoms with E-state index in [1.54, 1.807) is 0 Å². The van der Waals surface area contributed by atoms with Crippen LogP contribution in [0, 0.1) is 0 Å². The van der Waals surface area contributed by atoms with Crippen LogP contribution in [0.1, 0.15) is 72.6 Å². The Morgan fingerprint density at radius 2 is 1.19 bits per heavy atom. The van der Waals surface area contributed by atoms with Crippen LogP contribution in [-0.4, -0.2) is 0 Å². The van der Waals surface area contributed by atoms with Crippen molar-refractivity contribution in [1.82, 2.24) is 0 Å². The summed E-state index contributed by atoms with van der Waals surface area (Å²) >= 11 is 7.40. The predicted octanol–water partition coefficient (Wildman–Crippen LogP) is 7.44. The quantitative estimate of drug-likeness (QED) is 0.394. The molecule has 1 aliphatic rings. The number of hydrogen-bond acceptors (Lipinski definition) is 0. The molecule has 0 radical (unpaired) electrons. The molecule has 0 nitrogen and oxygen atoms in total. The average molecular weight is 478 g/mol. The first-order valence-electron chi connectivity index (χ1n) is 9.79. The van der Waals surface area contributed by atoms with E-state index in [9.17, 15) is 0 Å². The van der Waals surface area contributed by atoms with Gasteiger partial charge in [-0.3, -0.25) is 0 Å². The molecule has 2 aromatic rings. The highest BCUT2D eigenvalue weighted by molar-refractivity contribution is 9.08. The molecule has 26 heavy (non-hydrogen) atoms. The fourth-order valence-electron chi connectivity index (χ4n) is 3.96. The van der Waals surface area contributed by atoms with Crippen LogP contribution in [0.5, 0.6) is 0 Å².